The number of nitrogens with zero attached hydrogens (tertiary/aromatic N) is 2. The highest BCUT2D eigenvalue weighted by Crippen LogP contribution is 2.44. The molecule has 3 nitrogen and oxygen atoms in total. The summed E-state index contributed by atoms with van der Waals surface area (Å²) in [6, 6.07) is 2.69. The minimum atomic E-state index is -0.0310. The lowest BCUT2D eigenvalue weighted by molar-refractivity contribution is 0.477. The quantitative estimate of drug-likeness (QED) is 0.769. The maximum absolute atomic E-state index is 6.16. The summed E-state index contributed by atoms with van der Waals surface area (Å²) in [6.07, 6.45) is 4.13. The molecule has 1 saturated carbocycles. The van der Waals surface area contributed by atoms with E-state index in [-0.39, 0.29) is 5.54 Å². The number of thioether (sulfide) groups is 1. The van der Waals surface area contributed by atoms with Crippen LogP contribution in [0.3, 0.4) is 0 Å². The Morgan fingerprint density at radius 1 is 1.54 bits per heavy atom. The van der Waals surface area contributed by atoms with Gasteiger partial charge >= 0.3 is 0 Å². The van der Waals surface area contributed by atoms with Crippen molar-refractivity contribution in [2.75, 3.05) is 11.5 Å². The van der Waals surface area contributed by atoms with Gasteiger partial charge in [0.1, 0.15) is 0 Å². The maximum Gasteiger partial charge on any atom is 0.0703 e. The SMILES string of the molecule is NC1(c2ccnn2C2CSC2)CC1. The molecule has 2 fully saturated rings. The van der Waals surface area contributed by atoms with Crippen LogP contribution in [0.4, 0.5) is 0 Å². The molecular weight excluding hydrogens is 182 g/mol. The number of hydrogen-bond acceptors (Lipinski definition) is 3. The van der Waals surface area contributed by atoms with Gasteiger partial charge in [-0.25, -0.2) is 0 Å². The molecule has 0 spiro atoms. The number of nitrogens with two attached hydrogens (primary N) is 1. The van der Waals surface area contributed by atoms with Crippen molar-refractivity contribution in [1.29, 1.82) is 0 Å². The van der Waals surface area contributed by atoms with Crippen molar-refractivity contribution in [3.63, 3.8) is 0 Å². The van der Waals surface area contributed by atoms with Crippen LogP contribution in [-0.2, 0) is 5.54 Å². The molecule has 4 heteroatoms. The molecule has 0 unspecified atom stereocenters. The zero-order chi connectivity index (χ0) is 8.89. The fourth-order valence-electron chi connectivity index (χ4n) is 1.75. The Hall–Kier alpha value is -0.480. The van der Waals surface area contributed by atoms with Gasteiger partial charge in [-0.15, -0.1) is 0 Å². The number of aromatic nitrogens is 2. The second-order valence-electron chi connectivity index (χ2n) is 4.01. The molecule has 70 valence electrons. The van der Waals surface area contributed by atoms with E-state index in [4.69, 9.17) is 5.73 Å². The average Bonchev–Trinajstić information content (AvgIpc) is 2.60. The lowest BCUT2D eigenvalue weighted by Crippen LogP contribution is -2.31. The zero-order valence-electron chi connectivity index (χ0n) is 7.44. The first-order chi connectivity index (χ1) is 6.30. The third kappa shape index (κ3) is 1.12. The molecule has 1 aliphatic heterocycles. The Bertz CT molecular complexity index is 325. The summed E-state index contributed by atoms with van der Waals surface area (Å²) < 4.78 is 2.14. The molecule has 2 N–H and O–H groups in total. The van der Waals surface area contributed by atoms with Gasteiger partial charge in [0.05, 0.1) is 17.3 Å². The van der Waals surface area contributed by atoms with E-state index in [2.05, 4.69) is 15.8 Å². The highest BCUT2D eigenvalue weighted by atomic mass is 32.2. The first kappa shape index (κ1) is 7.88. The molecule has 3 rings (SSSR count). The van der Waals surface area contributed by atoms with Crippen LogP contribution in [0.15, 0.2) is 12.3 Å². The van der Waals surface area contributed by atoms with Gasteiger partial charge < -0.3 is 5.73 Å². The predicted molar refractivity (Wildman–Crippen MR) is 53.7 cm³/mol. The molecule has 0 bridgehead atoms. The monoisotopic (exact) mass is 195 g/mol. The van der Waals surface area contributed by atoms with E-state index in [1.165, 1.54) is 17.2 Å². The van der Waals surface area contributed by atoms with E-state index in [0.717, 1.165) is 12.8 Å². The summed E-state index contributed by atoms with van der Waals surface area (Å²) in [4.78, 5) is 0. The van der Waals surface area contributed by atoms with Crippen LogP contribution in [-0.4, -0.2) is 21.3 Å². The van der Waals surface area contributed by atoms with E-state index in [0.29, 0.717) is 6.04 Å². The minimum absolute atomic E-state index is 0.0310. The average molecular weight is 195 g/mol. The van der Waals surface area contributed by atoms with Gasteiger partial charge in [0, 0.05) is 17.7 Å². The highest BCUT2D eigenvalue weighted by molar-refractivity contribution is 8.00. The summed E-state index contributed by atoms with van der Waals surface area (Å²) in [5.41, 5.74) is 7.38. The summed E-state index contributed by atoms with van der Waals surface area (Å²) in [5.74, 6) is 2.40. The van der Waals surface area contributed by atoms with Crippen LogP contribution < -0.4 is 5.73 Å². The zero-order valence-corrected chi connectivity index (χ0v) is 8.26. The van der Waals surface area contributed by atoms with Crippen LogP contribution >= 0.6 is 11.8 Å². The molecule has 1 aromatic rings. The van der Waals surface area contributed by atoms with E-state index in [1.807, 2.05) is 18.0 Å². The summed E-state index contributed by atoms with van der Waals surface area (Å²) in [7, 11) is 0. The van der Waals surface area contributed by atoms with Crippen molar-refractivity contribution in [3.05, 3.63) is 18.0 Å². The van der Waals surface area contributed by atoms with Crippen LogP contribution in [0.25, 0.3) is 0 Å². The van der Waals surface area contributed by atoms with Crippen molar-refractivity contribution < 1.29 is 0 Å². The van der Waals surface area contributed by atoms with Gasteiger partial charge in [-0.1, -0.05) is 0 Å². The topological polar surface area (TPSA) is 43.8 Å². The first-order valence-electron chi connectivity index (χ1n) is 4.70. The molecule has 1 saturated heterocycles. The fourth-order valence-corrected chi connectivity index (χ4v) is 2.48. The lowest BCUT2D eigenvalue weighted by atomic mass is 10.2. The summed E-state index contributed by atoms with van der Waals surface area (Å²) in [5, 5.41) is 4.37. The van der Waals surface area contributed by atoms with Crippen LogP contribution in [0.2, 0.25) is 0 Å². The van der Waals surface area contributed by atoms with E-state index in [1.54, 1.807) is 0 Å². The third-order valence-corrected chi connectivity index (χ3v) is 4.18. The Balaban J connectivity index is 1.95. The van der Waals surface area contributed by atoms with Gasteiger partial charge in [0.2, 0.25) is 0 Å². The maximum atomic E-state index is 6.16. The predicted octanol–water partition coefficient (Wildman–Crippen LogP) is 1.12. The Labute approximate surface area is 81.7 Å². The summed E-state index contributed by atoms with van der Waals surface area (Å²) in [6.45, 7) is 0. The van der Waals surface area contributed by atoms with Crippen molar-refractivity contribution in [2.24, 2.45) is 5.73 Å². The highest BCUT2D eigenvalue weighted by Gasteiger charge is 2.43. The minimum Gasteiger partial charge on any atom is -0.320 e. The van der Waals surface area contributed by atoms with E-state index >= 15 is 0 Å². The first-order valence-corrected chi connectivity index (χ1v) is 5.86. The molecule has 0 atom stereocenters. The normalized spacial score (nSPS) is 25.6. The largest absolute Gasteiger partial charge is 0.320 e. The third-order valence-electron chi connectivity index (χ3n) is 2.94. The lowest BCUT2D eigenvalue weighted by Gasteiger charge is -2.28. The molecule has 0 amide bonds. The van der Waals surface area contributed by atoms with Crippen LogP contribution in [0, 0.1) is 0 Å². The second kappa shape index (κ2) is 2.51. The van der Waals surface area contributed by atoms with Gasteiger partial charge in [-0.2, -0.15) is 16.9 Å². The van der Waals surface area contributed by atoms with Crippen molar-refractivity contribution in [2.45, 2.75) is 24.4 Å². The van der Waals surface area contributed by atoms with E-state index < -0.39 is 0 Å². The Morgan fingerprint density at radius 2 is 2.31 bits per heavy atom. The van der Waals surface area contributed by atoms with Gasteiger partial charge in [-0.3, -0.25) is 4.68 Å². The van der Waals surface area contributed by atoms with Crippen LogP contribution in [0.5, 0.6) is 0 Å². The molecule has 1 aliphatic carbocycles. The number of rotatable bonds is 2. The molecular formula is C9H13N3S. The van der Waals surface area contributed by atoms with Crippen molar-refractivity contribution in [3.8, 4) is 0 Å². The Morgan fingerprint density at radius 3 is 2.85 bits per heavy atom. The van der Waals surface area contributed by atoms with Gasteiger partial charge in [-0.05, 0) is 18.9 Å². The standard InChI is InChI=1S/C9H13N3S/c10-9(2-3-9)8-1-4-11-12(8)7-5-13-6-7/h1,4,7H,2-3,5-6,10H2. The van der Waals surface area contributed by atoms with Crippen molar-refractivity contribution >= 4 is 11.8 Å². The van der Waals surface area contributed by atoms with Crippen LogP contribution in [0.1, 0.15) is 24.6 Å². The van der Waals surface area contributed by atoms with Gasteiger partial charge in [0.15, 0.2) is 0 Å². The fraction of sp³-hybridized carbons (Fsp3) is 0.667. The summed E-state index contributed by atoms with van der Waals surface area (Å²) >= 11 is 1.98. The second-order valence-corrected chi connectivity index (χ2v) is 5.08. The molecule has 0 aromatic carbocycles. The number of hydrogen-bond donors (Lipinski definition) is 1. The molecule has 1 aromatic heterocycles. The Kier molecular flexibility index (Phi) is 1.52. The van der Waals surface area contributed by atoms with Crippen molar-refractivity contribution in [1.82, 2.24) is 9.78 Å². The molecule has 2 heterocycles. The smallest absolute Gasteiger partial charge is 0.0703 e. The molecule has 13 heavy (non-hydrogen) atoms. The van der Waals surface area contributed by atoms with E-state index in [9.17, 15) is 0 Å². The van der Waals surface area contributed by atoms with Gasteiger partial charge in [0.25, 0.3) is 0 Å². The molecule has 0 radical (unpaired) electrons. The molecule has 2 aliphatic rings.